The summed E-state index contributed by atoms with van der Waals surface area (Å²) in [5, 5.41) is 3.55. The largest absolute Gasteiger partial charge is 0.356 e. The normalized spacial score (nSPS) is 10.5. The number of hydrogen-bond acceptors (Lipinski definition) is 2. The van der Waals surface area contributed by atoms with E-state index >= 15 is 0 Å². The van der Waals surface area contributed by atoms with Crippen molar-refractivity contribution in [1.29, 1.82) is 0 Å². The van der Waals surface area contributed by atoms with E-state index in [2.05, 4.69) is 5.32 Å². The van der Waals surface area contributed by atoms with E-state index in [1.54, 1.807) is 36.4 Å². The Morgan fingerprint density at radius 2 is 1.77 bits per heavy atom. The zero-order chi connectivity index (χ0) is 19.1. The van der Waals surface area contributed by atoms with Crippen molar-refractivity contribution in [2.75, 3.05) is 18.0 Å². The molecule has 2 amide bonds. The lowest BCUT2D eigenvalue weighted by Crippen LogP contribution is -2.34. The second-order valence-electron chi connectivity index (χ2n) is 5.74. The fourth-order valence-corrected chi connectivity index (χ4v) is 3.02. The van der Waals surface area contributed by atoms with E-state index in [0.29, 0.717) is 34.3 Å². The summed E-state index contributed by atoms with van der Waals surface area (Å²) in [7, 11) is 0. The summed E-state index contributed by atoms with van der Waals surface area (Å²) in [5.41, 5.74) is 1.08. The van der Waals surface area contributed by atoms with Gasteiger partial charge in [-0.05, 0) is 36.2 Å². The monoisotopic (exact) mass is 396 g/mol. The Morgan fingerprint density at radius 3 is 2.38 bits per heavy atom. The summed E-state index contributed by atoms with van der Waals surface area (Å²) in [6.07, 6.45) is 0.514. The van der Waals surface area contributed by atoms with E-state index in [1.807, 2.05) is 0 Å². The summed E-state index contributed by atoms with van der Waals surface area (Å²) in [4.78, 5) is 25.3. The molecule has 0 saturated carbocycles. The molecule has 4 nitrogen and oxygen atoms in total. The Bertz CT molecular complexity index is 779. The Kier molecular flexibility index (Phi) is 7.42. The number of hydrogen-bond donors (Lipinski definition) is 1. The molecule has 0 fully saturated rings. The molecule has 0 aromatic heterocycles. The number of halogens is 3. The molecule has 0 heterocycles. The van der Waals surface area contributed by atoms with Gasteiger partial charge in [-0.3, -0.25) is 9.59 Å². The first kappa shape index (κ1) is 20.2. The molecular weight excluding hydrogens is 378 g/mol. The molecule has 138 valence electrons. The lowest BCUT2D eigenvalue weighted by atomic mass is 10.1. The van der Waals surface area contributed by atoms with Gasteiger partial charge in [0.25, 0.3) is 0 Å². The van der Waals surface area contributed by atoms with E-state index in [-0.39, 0.29) is 30.6 Å². The maximum atomic E-state index is 13.5. The van der Waals surface area contributed by atoms with Crippen molar-refractivity contribution < 1.29 is 14.0 Å². The first-order valence-electron chi connectivity index (χ1n) is 8.11. The van der Waals surface area contributed by atoms with Gasteiger partial charge in [-0.2, -0.15) is 0 Å². The number of nitrogens with zero attached hydrogens (tertiary/aromatic N) is 1. The van der Waals surface area contributed by atoms with Crippen LogP contribution in [0.5, 0.6) is 0 Å². The Labute approximate surface area is 161 Å². The SMILES string of the molecule is CC(=O)N(CCC(=O)NCCc1ccccc1F)c1cc(Cl)cc(Cl)c1. The zero-order valence-electron chi connectivity index (χ0n) is 14.3. The smallest absolute Gasteiger partial charge is 0.223 e. The molecule has 2 aromatic rings. The number of amides is 2. The molecule has 0 radical (unpaired) electrons. The molecule has 7 heteroatoms. The van der Waals surface area contributed by atoms with E-state index in [1.165, 1.54) is 17.9 Å². The van der Waals surface area contributed by atoms with Crippen molar-refractivity contribution in [2.24, 2.45) is 0 Å². The van der Waals surface area contributed by atoms with Crippen LogP contribution in [0.2, 0.25) is 10.0 Å². The van der Waals surface area contributed by atoms with Crippen molar-refractivity contribution in [3.05, 3.63) is 63.9 Å². The van der Waals surface area contributed by atoms with Crippen molar-refractivity contribution in [1.82, 2.24) is 5.32 Å². The van der Waals surface area contributed by atoms with Crippen LogP contribution in [0, 0.1) is 5.82 Å². The first-order valence-corrected chi connectivity index (χ1v) is 8.86. The molecule has 0 saturated heterocycles. The molecule has 0 bridgehead atoms. The highest BCUT2D eigenvalue weighted by Gasteiger charge is 2.14. The zero-order valence-corrected chi connectivity index (χ0v) is 15.8. The van der Waals surface area contributed by atoms with E-state index in [4.69, 9.17) is 23.2 Å². The molecule has 1 N–H and O–H groups in total. The quantitative estimate of drug-likeness (QED) is 0.760. The van der Waals surface area contributed by atoms with Crippen LogP contribution < -0.4 is 10.2 Å². The number of carbonyl (C=O) groups excluding carboxylic acids is 2. The van der Waals surface area contributed by atoms with Gasteiger partial charge in [-0.1, -0.05) is 41.4 Å². The fourth-order valence-electron chi connectivity index (χ4n) is 2.50. The third-order valence-electron chi connectivity index (χ3n) is 3.78. The predicted molar refractivity (Wildman–Crippen MR) is 102 cm³/mol. The van der Waals surface area contributed by atoms with Gasteiger partial charge >= 0.3 is 0 Å². The average molecular weight is 397 g/mol. The highest BCUT2D eigenvalue weighted by molar-refractivity contribution is 6.35. The van der Waals surface area contributed by atoms with Crippen molar-refractivity contribution in [3.63, 3.8) is 0 Å². The average Bonchev–Trinajstić information content (AvgIpc) is 2.55. The second kappa shape index (κ2) is 9.55. The lowest BCUT2D eigenvalue weighted by molar-refractivity contribution is -0.121. The Balaban J connectivity index is 1.87. The van der Waals surface area contributed by atoms with Gasteiger partial charge in [0.15, 0.2) is 0 Å². The third-order valence-corrected chi connectivity index (χ3v) is 4.21. The van der Waals surface area contributed by atoms with E-state index in [0.717, 1.165) is 0 Å². The van der Waals surface area contributed by atoms with Crippen LogP contribution >= 0.6 is 23.2 Å². The summed E-state index contributed by atoms with van der Waals surface area (Å²) >= 11 is 11.9. The van der Waals surface area contributed by atoms with Crippen LogP contribution in [0.25, 0.3) is 0 Å². The molecule has 0 atom stereocenters. The standard InChI is InChI=1S/C19H19Cl2FN2O2/c1-13(25)24(17-11-15(20)10-16(21)12-17)9-7-19(26)23-8-6-14-4-2-3-5-18(14)22/h2-5,10-12H,6-9H2,1H3,(H,23,26). The summed E-state index contributed by atoms with van der Waals surface area (Å²) < 4.78 is 13.5. The van der Waals surface area contributed by atoms with Gasteiger partial charge in [0.05, 0.1) is 0 Å². The van der Waals surface area contributed by atoms with Crippen molar-refractivity contribution in [3.8, 4) is 0 Å². The van der Waals surface area contributed by atoms with Crippen molar-refractivity contribution >= 4 is 40.7 Å². The van der Waals surface area contributed by atoms with Gasteiger partial charge in [-0.25, -0.2) is 4.39 Å². The predicted octanol–water partition coefficient (Wildman–Crippen LogP) is 4.23. The van der Waals surface area contributed by atoms with Gasteiger partial charge in [-0.15, -0.1) is 0 Å². The Morgan fingerprint density at radius 1 is 1.12 bits per heavy atom. The van der Waals surface area contributed by atoms with Gasteiger partial charge in [0, 0.05) is 42.2 Å². The maximum absolute atomic E-state index is 13.5. The van der Waals surface area contributed by atoms with Crippen LogP contribution in [0.15, 0.2) is 42.5 Å². The number of rotatable bonds is 7. The first-order chi connectivity index (χ1) is 12.4. The molecule has 0 aliphatic carbocycles. The highest BCUT2D eigenvalue weighted by Crippen LogP contribution is 2.25. The molecule has 0 spiro atoms. The summed E-state index contributed by atoms with van der Waals surface area (Å²) in [5.74, 6) is -0.731. The molecular formula is C19H19Cl2FN2O2. The number of anilines is 1. The van der Waals surface area contributed by atoms with Gasteiger partial charge in [0.2, 0.25) is 11.8 Å². The molecule has 26 heavy (non-hydrogen) atoms. The summed E-state index contributed by atoms with van der Waals surface area (Å²) in [6, 6.07) is 11.2. The number of benzene rings is 2. The maximum Gasteiger partial charge on any atom is 0.223 e. The molecule has 2 aromatic carbocycles. The highest BCUT2D eigenvalue weighted by atomic mass is 35.5. The lowest BCUT2D eigenvalue weighted by Gasteiger charge is -2.21. The Hall–Kier alpha value is -2.11. The summed E-state index contributed by atoms with van der Waals surface area (Å²) in [6.45, 7) is 1.92. The van der Waals surface area contributed by atoms with Crippen LogP contribution in [0.4, 0.5) is 10.1 Å². The van der Waals surface area contributed by atoms with E-state index in [9.17, 15) is 14.0 Å². The molecule has 0 unspecified atom stereocenters. The number of carbonyl (C=O) groups is 2. The molecule has 2 rings (SSSR count). The van der Waals surface area contributed by atoms with E-state index < -0.39 is 0 Å². The molecule has 0 aliphatic heterocycles. The number of nitrogens with one attached hydrogen (secondary N) is 1. The van der Waals surface area contributed by atoms with Crippen molar-refractivity contribution in [2.45, 2.75) is 19.8 Å². The van der Waals surface area contributed by atoms with Gasteiger partial charge < -0.3 is 10.2 Å². The van der Waals surface area contributed by atoms with Gasteiger partial charge in [0.1, 0.15) is 5.82 Å². The van der Waals surface area contributed by atoms with Crippen LogP contribution in [0.3, 0.4) is 0 Å². The van der Waals surface area contributed by atoms with Crippen LogP contribution in [-0.2, 0) is 16.0 Å². The third kappa shape index (κ3) is 6.00. The van der Waals surface area contributed by atoms with Crippen LogP contribution in [-0.4, -0.2) is 24.9 Å². The topological polar surface area (TPSA) is 49.4 Å². The fraction of sp³-hybridized carbons (Fsp3) is 0.263. The minimum absolute atomic E-state index is 0.112. The minimum Gasteiger partial charge on any atom is -0.356 e. The second-order valence-corrected chi connectivity index (χ2v) is 6.61. The molecule has 0 aliphatic rings. The minimum atomic E-state index is -0.290. The van der Waals surface area contributed by atoms with Crippen LogP contribution in [0.1, 0.15) is 18.9 Å².